The molecule has 1 aromatic carbocycles. The summed E-state index contributed by atoms with van der Waals surface area (Å²) in [6.07, 6.45) is 1.35. The second-order valence-electron chi connectivity index (χ2n) is 5.18. The number of carbonyl (C=O) groups excluding carboxylic acids is 1. The summed E-state index contributed by atoms with van der Waals surface area (Å²) in [6.45, 7) is 1.99. The quantitative estimate of drug-likeness (QED) is 0.853. The fourth-order valence-corrected chi connectivity index (χ4v) is 2.77. The third-order valence-electron chi connectivity index (χ3n) is 3.87. The van der Waals surface area contributed by atoms with Crippen LogP contribution in [-0.2, 0) is 16.8 Å². The van der Waals surface area contributed by atoms with E-state index in [2.05, 4.69) is 4.74 Å². The molecule has 1 unspecified atom stereocenters. The number of aliphatic hydroxyl groups is 1. The van der Waals surface area contributed by atoms with Crippen molar-refractivity contribution in [3.8, 4) is 0 Å². The lowest BCUT2D eigenvalue weighted by molar-refractivity contribution is 0.0473. The highest BCUT2D eigenvalue weighted by Gasteiger charge is 2.41. The Morgan fingerprint density at radius 3 is 2.90 bits per heavy atom. The average molecular weight is 272 g/mol. The van der Waals surface area contributed by atoms with Crippen LogP contribution in [0.4, 0.5) is 0 Å². The molecule has 1 aromatic heterocycles. The molecule has 0 aliphatic heterocycles. The lowest BCUT2D eigenvalue weighted by atomic mass is 9.92. The molecule has 0 saturated heterocycles. The van der Waals surface area contributed by atoms with Crippen LogP contribution in [-0.4, -0.2) is 18.2 Å². The summed E-state index contributed by atoms with van der Waals surface area (Å²) in [5.74, 6) is -0.0402. The number of esters is 1. The Morgan fingerprint density at radius 1 is 1.35 bits per heavy atom. The van der Waals surface area contributed by atoms with Gasteiger partial charge < -0.3 is 14.3 Å². The number of carbonyl (C=O) groups is 1. The van der Waals surface area contributed by atoms with Crippen LogP contribution >= 0.6 is 0 Å². The summed E-state index contributed by atoms with van der Waals surface area (Å²) in [5, 5.41) is 11.0. The number of ether oxygens (including phenoxy) is 1. The van der Waals surface area contributed by atoms with E-state index in [0.717, 1.165) is 23.1 Å². The maximum atomic E-state index is 11.4. The highest BCUT2D eigenvalue weighted by atomic mass is 16.5. The average Bonchev–Trinajstić information content (AvgIpc) is 3.05. The molecule has 1 atom stereocenters. The summed E-state index contributed by atoms with van der Waals surface area (Å²) in [4.78, 5) is 11.4. The van der Waals surface area contributed by atoms with Crippen molar-refractivity contribution in [1.29, 1.82) is 0 Å². The fourth-order valence-electron chi connectivity index (χ4n) is 2.77. The summed E-state index contributed by atoms with van der Waals surface area (Å²) < 4.78 is 10.1. The van der Waals surface area contributed by atoms with E-state index >= 15 is 0 Å². The summed E-state index contributed by atoms with van der Waals surface area (Å²) >= 11 is 0. The molecule has 1 N–H and O–H groups in total. The molecule has 1 aliphatic carbocycles. The van der Waals surface area contributed by atoms with Crippen LogP contribution in [0.1, 0.15) is 39.4 Å². The number of aryl methyl sites for hydroxylation is 2. The van der Waals surface area contributed by atoms with Crippen LogP contribution in [0.2, 0.25) is 0 Å². The molecule has 1 aliphatic rings. The van der Waals surface area contributed by atoms with Crippen LogP contribution in [0.15, 0.2) is 34.7 Å². The molecule has 1 heterocycles. The Hall–Kier alpha value is -2.07. The molecular weight excluding hydrogens is 256 g/mol. The van der Waals surface area contributed by atoms with E-state index in [1.807, 2.05) is 25.1 Å². The number of rotatable bonds is 2. The molecule has 4 nitrogen and oxygen atoms in total. The number of furan rings is 1. The van der Waals surface area contributed by atoms with E-state index in [1.165, 1.54) is 13.2 Å². The molecule has 0 spiro atoms. The van der Waals surface area contributed by atoms with Gasteiger partial charge >= 0.3 is 5.97 Å². The van der Waals surface area contributed by atoms with Gasteiger partial charge in [-0.2, -0.15) is 0 Å². The zero-order valence-corrected chi connectivity index (χ0v) is 11.5. The standard InChI is InChI=1S/C16H16O4/c1-10-3-4-11-7-8-16(18,12(11)9-10)14-6-5-13(20-14)15(17)19-2/h3-6,9,18H,7-8H2,1-2H3. The number of hydrogen-bond acceptors (Lipinski definition) is 4. The van der Waals surface area contributed by atoms with Crippen molar-refractivity contribution in [3.05, 3.63) is 58.5 Å². The van der Waals surface area contributed by atoms with Crippen LogP contribution in [0, 0.1) is 6.92 Å². The van der Waals surface area contributed by atoms with E-state index in [1.54, 1.807) is 6.07 Å². The molecule has 0 fully saturated rings. The van der Waals surface area contributed by atoms with E-state index in [4.69, 9.17) is 4.42 Å². The van der Waals surface area contributed by atoms with Crippen molar-refractivity contribution in [2.24, 2.45) is 0 Å². The van der Waals surface area contributed by atoms with Gasteiger partial charge in [0, 0.05) is 0 Å². The van der Waals surface area contributed by atoms with Gasteiger partial charge in [0.05, 0.1) is 7.11 Å². The zero-order valence-electron chi connectivity index (χ0n) is 11.5. The van der Waals surface area contributed by atoms with Gasteiger partial charge in [-0.05, 0) is 43.0 Å². The van der Waals surface area contributed by atoms with Crippen molar-refractivity contribution in [1.82, 2.24) is 0 Å². The third-order valence-corrected chi connectivity index (χ3v) is 3.87. The van der Waals surface area contributed by atoms with Crippen molar-refractivity contribution >= 4 is 5.97 Å². The van der Waals surface area contributed by atoms with Gasteiger partial charge in [-0.1, -0.05) is 23.8 Å². The molecule has 0 radical (unpaired) electrons. The van der Waals surface area contributed by atoms with Crippen molar-refractivity contribution in [3.63, 3.8) is 0 Å². The maximum Gasteiger partial charge on any atom is 0.373 e. The Morgan fingerprint density at radius 2 is 2.15 bits per heavy atom. The fraction of sp³-hybridized carbons (Fsp3) is 0.312. The molecule has 20 heavy (non-hydrogen) atoms. The Labute approximate surface area is 117 Å². The predicted molar refractivity (Wildman–Crippen MR) is 72.5 cm³/mol. The van der Waals surface area contributed by atoms with Crippen LogP contribution in [0.3, 0.4) is 0 Å². The molecule has 0 amide bonds. The Balaban J connectivity index is 2.05. The van der Waals surface area contributed by atoms with Gasteiger partial charge in [0.25, 0.3) is 0 Å². The van der Waals surface area contributed by atoms with Gasteiger partial charge in [-0.25, -0.2) is 4.79 Å². The number of benzene rings is 1. The van der Waals surface area contributed by atoms with Gasteiger partial charge in [-0.3, -0.25) is 0 Å². The highest BCUT2D eigenvalue weighted by Crippen LogP contribution is 2.42. The minimum Gasteiger partial charge on any atom is -0.463 e. The SMILES string of the molecule is COC(=O)c1ccc(C2(O)CCc3ccc(C)cc32)o1. The van der Waals surface area contributed by atoms with Crippen LogP contribution < -0.4 is 0 Å². The maximum absolute atomic E-state index is 11.4. The van der Waals surface area contributed by atoms with Crippen LogP contribution in [0.25, 0.3) is 0 Å². The first-order chi connectivity index (χ1) is 9.54. The van der Waals surface area contributed by atoms with Crippen molar-refractivity contribution in [2.45, 2.75) is 25.4 Å². The van der Waals surface area contributed by atoms with E-state index < -0.39 is 11.6 Å². The molecule has 4 heteroatoms. The first-order valence-corrected chi connectivity index (χ1v) is 6.55. The van der Waals surface area contributed by atoms with Gasteiger partial charge in [-0.15, -0.1) is 0 Å². The molecule has 0 saturated carbocycles. The summed E-state index contributed by atoms with van der Waals surface area (Å²) in [7, 11) is 1.30. The largest absolute Gasteiger partial charge is 0.463 e. The van der Waals surface area contributed by atoms with Crippen molar-refractivity contribution < 1.29 is 19.1 Å². The van der Waals surface area contributed by atoms with E-state index in [-0.39, 0.29) is 5.76 Å². The second kappa shape index (κ2) is 4.49. The zero-order chi connectivity index (χ0) is 14.3. The molecular formula is C16H16O4. The topological polar surface area (TPSA) is 59.7 Å². The highest BCUT2D eigenvalue weighted by molar-refractivity contribution is 5.86. The second-order valence-corrected chi connectivity index (χ2v) is 5.18. The summed E-state index contributed by atoms with van der Waals surface area (Å²) in [5.41, 5.74) is 1.91. The van der Waals surface area contributed by atoms with Gasteiger partial charge in [0.1, 0.15) is 11.4 Å². The van der Waals surface area contributed by atoms with Crippen LogP contribution in [0.5, 0.6) is 0 Å². The third kappa shape index (κ3) is 1.84. The minimum absolute atomic E-state index is 0.108. The Bertz CT molecular complexity index is 671. The lowest BCUT2D eigenvalue weighted by Crippen LogP contribution is -2.23. The predicted octanol–water partition coefficient (Wildman–Crippen LogP) is 2.56. The molecule has 0 bridgehead atoms. The number of methoxy groups -OCH3 is 1. The first kappa shape index (κ1) is 12.9. The molecule has 3 rings (SSSR count). The van der Waals surface area contributed by atoms with E-state index in [9.17, 15) is 9.90 Å². The van der Waals surface area contributed by atoms with Gasteiger partial charge in [0.2, 0.25) is 5.76 Å². The molecule has 104 valence electrons. The Kier molecular flexibility index (Phi) is 2.91. The monoisotopic (exact) mass is 272 g/mol. The van der Waals surface area contributed by atoms with Gasteiger partial charge in [0.15, 0.2) is 0 Å². The minimum atomic E-state index is -1.16. The molecule has 2 aromatic rings. The number of fused-ring (bicyclic) bond motifs is 1. The lowest BCUT2D eigenvalue weighted by Gasteiger charge is -2.21. The first-order valence-electron chi connectivity index (χ1n) is 6.55. The van der Waals surface area contributed by atoms with E-state index in [0.29, 0.717) is 12.2 Å². The number of hydrogen-bond donors (Lipinski definition) is 1. The van der Waals surface area contributed by atoms with Crippen molar-refractivity contribution in [2.75, 3.05) is 7.11 Å². The smallest absolute Gasteiger partial charge is 0.373 e. The summed E-state index contributed by atoms with van der Waals surface area (Å²) in [6, 6.07) is 9.22. The normalized spacial score (nSPS) is 20.8.